The first-order valence-corrected chi connectivity index (χ1v) is 8.90. The molecule has 100 valence electrons. The molecular formula is C15H27IO. The Morgan fingerprint density at radius 2 is 1.76 bits per heavy atom. The first-order valence-electron chi connectivity index (χ1n) is 7.37. The molecule has 0 aliphatic heterocycles. The summed E-state index contributed by atoms with van der Waals surface area (Å²) in [6.45, 7) is 4.77. The molecule has 0 saturated heterocycles. The second kappa shape index (κ2) is 6.23. The zero-order valence-corrected chi connectivity index (χ0v) is 13.5. The lowest BCUT2D eigenvalue weighted by atomic mass is 9.80. The Labute approximate surface area is 120 Å². The van der Waals surface area contributed by atoms with E-state index in [0.29, 0.717) is 6.10 Å². The average molecular weight is 350 g/mol. The quantitative estimate of drug-likeness (QED) is 0.516. The van der Waals surface area contributed by atoms with Crippen molar-refractivity contribution in [3.63, 3.8) is 0 Å². The van der Waals surface area contributed by atoms with Crippen LogP contribution in [0.25, 0.3) is 0 Å². The third kappa shape index (κ3) is 3.82. The van der Waals surface area contributed by atoms with Crippen LogP contribution in [0.2, 0.25) is 0 Å². The number of hydrogen-bond acceptors (Lipinski definition) is 1. The molecule has 0 aromatic heterocycles. The van der Waals surface area contributed by atoms with Gasteiger partial charge in [0.2, 0.25) is 0 Å². The van der Waals surface area contributed by atoms with Crippen LogP contribution in [0.1, 0.15) is 65.2 Å². The Morgan fingerprint density at radius 3 is 2.35 bits per heavy atom. The van der Waals surface area contributed by atoms with Crippen LogP contribution in [0, 0.1) is 11.8 Å². The molecule has 2 heteroatoms. The van der Waals surface area contributed by atoms with Gasteiger partial charge in [-0.1, -0.05) is 49.3 Å². The van der Waals surface area contributed by atoms with E-state index in [2.05, 4.69) is 36.4 Å². The molecule has 2 aliphatic rings. The van der Waals surface area contributed by atoms with Crippen molar-refractivity contribution in [1.82, 2.24) is 0 Å². The smallest absolute Gasteiger partial charge is 0.0775 e. The van der Waals surface area contributed by atoms with E-state index in [1.807, 2.05) is 0 Å². The van der Waals surface area contributed by atoms with Crippen LogP contribution in [0.3, 0.4) is 0 Å². The van der Waals surface area contributed by atoms with E-state index < -0.39 is 0 Å². The maximum absolute atomic E-state index is 6.58. The third-order valence-corrected chi connectivity index (χ3v) is 6.12. The summed E-state index contributed by atoms with van der Waals surface area (Å²) in [5.74, 6) is 1.79. The average Bonchev–Trinajstić information content (AvgIpc) is 2.33. The second-order valence-corrected chi connectivity index (χ2v) is 7.27. The Balaban J connectivity index is 1.90. The topological polar surface area (TPSA) is 9.23 Å². The van der Waals surface area contributed by atoms with E-state index in [-0.39, 0.29) is 5.60 Å². The van der Waals surface area contributed by atoms with Gasteiger partial charge in [0.05, 0.1) is 11.7 Å². The highest BCUT2D eigenvalue weighted by Crippen LogP contribution is 2.39. The van der Waals surface area contributed by atoms with Gasteiger partial charge in [-0.25, -0.2) is 0 Å². The highest BCUT2D eigenvalue weighted by atomic mass is 127. The first-order chi connectivity index (χ1) is 8.13. The minimum absolute atomic E-state index is 0.231. The lowest BCUT2D eigenvalue weighted by Gasteiger charge is -2.42. The number of hydrogen-bond donors (Lipinski definition) is 0. The van der Waals surface area contributed by atoms with E-state index in [0.717, 1.165) is 11.8 Å². The van der Waals surface area contributed by atoms with Gasteiger partial charge in [-0.05, 0) is 50.4 Å². The van der Waals surface area contributed by atoms with Gasteiger partial charge in [0.1, 0.15) is 0 Å². The molecule has 0 heterocycles. The zero-order chi connectivity index (χ0) is 12.3. The molecule has 2 atom stereocenters. The van der Waals surface area contributed by atoms with Crippen molar-refractivity contribution in [2.45, 2.75) is 76.9 Å². The second-order valence-electron chi connectivity index (χ2n) is 6.51. The predicted octanol–water partition coefficient (Wildman–Crippen LogP) is 4.97. The molecule has 1 nitrogen and oxygen atoms in total. The molecule has 0 spiro atoms. The molecule has 0 amide bonds. The third-order valence-electron chi connectivity index (χ3n) is 4.73. The van der Waals surface area contributed by atoms with Crippen molar-refractivity contribution >= 4 is 22.6 Å². The SMILES string of the molecule is CC1CCC(CI)(OC2CCCC(C)C2)CC1. The van der Waals surface area contributed by atoms with Crippen molar-refractivity contribution in [2.75, 3.05) is 4.43 Å². The number of alkyl halides is 1. The van der Waals surface area contributed by atoms with E-state index in [4.69, 9.17) is 4.74 Å². The molecule has 2 aliphatic carbocycles. The van der Waals surface area contributed by atoms with Crippen LogP contribution >= 0.6 is 22.6 Å². The fraction of sp³-hybridized carbons (Fsp3) is 1.00. The molecule has 2 rings (SSSR count). The van der Waals surface area contributed by atoms with Crippen LogP contribution in [-0.2, 0) is 4.74 Å². The first kappa shape index (κ1) is 14.1. The summed E-state index contributed by atoms with van der Waals surface area (Å²) in [6, 6.07) is 0. The minimum atomic E-state index is 0.231. The van der Waals surface area contributed by atoms with Crippen molar-refractivity contribution in [3.05, 3.63) is 0 Å². The van der Waals surface area contributed by atoms with Crippen LogP contribution in [0.15, 0.2) is 0 Å². The predicted molar refractivity (Wildman–Crippen MR) is 81.8 cm³/mol. The van der Waals surface area contributed by atoms with Gasteiger partial charge in [-0.15, -0.1) is 0 Å². The van der Waals surface area contributed by atoms with Gasteiger partial charge in [0.25, 0.3) is 0 Å². The Morgan fingerprint density at radius 1 is 1.06 bits per heavy atom. The van der Waals surface area contributed by atoms with Crippen molar-refractivity contribution < 1.29 is 4.74 Å². The molecule has 2 fully saturated rings. The van der Waals surface area contributed by atoms with E-state index in [1.165, 1.54) is 55.8 Å². The highest BCUT2D eigenvalue weighted by Gasteiger charge is 2.37. The molecule has 2 saturated carbocycles. The summed E-state index contributed by atoms with van der Waals surface area (Å²) >= 11 is 2.54. The van der Waals surface area contributed by atoms with Crippen molar-refractivity contribution in [1.29, 1.82) is 0 Å². The van der Waals surface area contributed by atoms with Crippen LogP contribution in [0.4, 0.5) is 0 Å². The van der Waals surface area contributed by atoms with Crippen LogP contribution < -0.4 is 0 Å². The van der Waals surface area contributed by atoms with Crippen molar-refractivity contribution in [3.8, 4) is 0 Å². The molecule has 0 aromatic carbocycles. The fourth-order valence-corrected chi connectivity index (χ4v) is 4.35. The molecule has 0 bridgehead atoms. The van der Waals surface area contributed by atoms with Gasteiger partial charge in [0.15, 0.2) is 0 Å². The summed E-state index contributed by atoms with van der Waals surface area (Å²) in [5.41, 5.74) is 0.231. The summed E-state index contributed by atoms with van der Waals surface area (Å²) in [6.07, 6.45) is 11.3. The Hall–Kier alpha value is 0.690. The van der Waals surface area contributed by atoms with Crippen molar-refractivity contribution in [2.24, 2.45) is 11.8 Å². The number of ether oxygens (including phenoxy) is 1. The fourth-order valence-electron chi connectivity index (χ4n) is 3.41. The lowest BCUT2D eigenvalue weighted by Crippen LogP contribution is -2.42. The van der Waals surface area contributed by atoms with Gasteiger partial charge in [-0.2, -0.15) is 0 Å². The largest absolute Gasteiger partial charge is 0.371 e. The van der Waals surface area contributed by atoms with Gasteiger partial charge in [0, 0.05) is 4.43 Å². The normalized spacial score (nSPS) is 43.6. The molecule has 0 radical (unpaired) electrons. The number of halogens is 1. The minimum Gasteiger partial charge on any atom is -0.371 e. The van der Waals surface area contributed by atoms with E-state index in [9.17, 15) is 0 Å². The van der Waals surface area contributed by atoms with Crippen LogP contribution in [-0.4, -0.2) is 16.1 Å². The van der Waals surface area contributed by atoms with Crippen LogP contribution in [0.5, 0.6) is 0 Å². The number of rotatable bonds is 3. The summed E-state index contributed by atoms with van der Waals surface area (Å²) in [4.78, 5) is 0. The van der Waals surface area contributed by atoms with Gasteiger partial charge in [-0.3, -0.25) is 0 Å². The monoisotopic (exact) mass is 350 g/mol. The molecule has 2 unspecified atom stereocenters. The van der Waals surface area contributed by atoms with E-state index in [1.54, 1.807) is 0 Å². The zero-order valence-electron chi connectivity index (χ0n) is 11.4. The lowest BCUT2D eigenvalue weighted by molar-refractivity contribution is -0.117. The maximum atomic E-state index is 6.58. The molecular weight excluding hydrogens is 323 g/mol. The standard InChI is InChI=1S/C15H27IO/c1-12-6-8-15(11-16,9-7-12)17-14-5-3-4-13(2)10-14/h12-14H,3-11H2,1-2H3. The molecule has 0 aromatic rings. The maximum Gasteiger partial charge on any atom is 0.0775 e. The van der Waals surface area contributed by atoms with E-state index >= 15 is 0 Å². The Kier molecular flexibility index (Phi) is 5.17. The molecule has 0 N–H and O–H groups in total. The summed E-state index contributed by atoms with van der Waals surface area (Å²) in [7, 11) is 0. The van der Waals surface area contributed by atoms with Gasteiger partial charge < -0.3 is 4.74 Å². The Bertz CT molecular complexity index is 233. The summed E-state index contributed by atoms with van der Waals surface area (Å²) < 4.78 is 7.76. The summed E-state index contributed by atoms with van der Waals surface area (Å²) in [5, 5.41) is 0. The van der Waals surface area contributed by atoms with Gasteiger partial charge >= 0.3 is 0 Å². The molecule has 17 heavy (non-hydrogen) atoms. The highest BCUT2D eigenvalue weighted by molar-refractivity contribution is 14.1.